The third-order valence-electron chi connectivity index (χ3n) is 7.25. The standard InChI is InChI=1S/C28H31F5N10O2/c1-2-16-11-18(3-4-19(16)26(44)36-6-7-37-27(45)41-9-5-17(34)13-41)39-24-25-38-12-21(43(25)10-8-35-24)20-14-42(15-22(29)30)40-23(20)28(31,32)33/h3-4,8,10-12,14,17,22H,2,5-7,9,13,15,34H2,1H3,(H,35,39)(H,36,44)(H,37,45). The molecule has 0 saturated carbocycles. The number of nitrogens with zero attached hydrogens (tertiary/aromatic N) is 6. The van der Waals surface area contributed by atoms with Gasteiger partial charge >= 0.3 is 12.2 Å². The molecule has 4 aromatic rings. The number of carbonyl (C=O) groups excluding carboxylic acids is 2. The van der Waals surface area contributed by atoms with Gasteiger partial charge in [0.05, 0.1) is 17.5 Å². The van der Waals surface area contributed by atoms with Crippen LogP contribution in [0.5, 0.6) is 0 Å². The highest BCUT2D eigenvalue weighted by molar-refractivity contribution is 5.96. The van der Waals surface area contributed by atoms with E-state index in [1.165, 1.54) is 23.0 Å². The van der Waals surface area contributed by atoms with E-state index in [2.05, 4.69) is 31.0 Å². The lowest BCUT2D eigenvalue weighted by Crippen LogP contribution is -2.42. The number of urea groups is 1. The Morgan fingerprint density at radius 3 is 2.62 bits per heavy atom. The number of aromatic nitrogens is 5. The zero-order valence-corrected chi connectivity index (χ0v) is 24.1. The van der Waals surface area contributed by atoms with Crippen molar-refractivity contribution in [2.45, 2.75) is 45.0 Å². The van der Waals surface area contributed by atoms with Gasteiger partial charge in [0.25, 0.3) is 12.3 Å². The number of carbonyl (C=O) groups is 2. The Labute approximate surface area is 253 Å². The number of anilines is 2. The van der Waals surface area contributed by atoms with Crippen LogP contribution in [0.2, 0.25) is 0 Å². The molecule has 1 saturated heterocycles. The first-order valence-corrected chi connectivity index (χ1v) is 14.2. The maximum Gasteiger partial charge on any atom is 0.435 e. The summed E-state index contributed by atoms with van der Waals surface area (Å²) < 4.78 is 68.9. The lowest BCUT2D eigenvalue weighted by molar-refractivity contribution is -0.141. The summed E-state index contributed by atoms with van der Waals surface area (Å²) in [6.07, 6.45) is -1.64. The van der Waals surface area contributed by atoms with Crippen molar-refractivity contribution < 1.29 is 31.5 Å². The van der Waals surface area contributed by atoms with Gasteiger partial charge in [-0.1, -0.05) is 6.92 Å². The minimum atomic E-state index is -4.89. The summed E-state index contributed by atoms with van der Waals surface area (Å²) in [6, 6.07) is 4.78. The molecule has 5 rings (SSSR count). The summed E-state index contributed by atoms with van der Waals surface area (Å²) in [5.74, 6) is -0.104. The highest BCUT2D eigenvalue weighted by Gasteiger charge is 2.38. The maximum atomic E-state index is 13.7. The number of fused-ring (bicyclic) bond motifs is 1. The van der Waals surface area contributed by atoms with Gasteiger partial charge in [-0.3, -0.25) is 13.9 Å². The fourth-order valence-electron chi connectivity index (χ4n) is 5.11. The smallest absolute Gasteiger partial charge is 0.350 e. The largest absolute Gasteiger partial charge is 0.435 e. The molecule has 1 unspecified atom stereocenters. The molecule has 1 aliphatic heterocycles. The van der Waals surface area contributed by atoms with E-state index >= 15 is 0 Å². The number of likely N-dealkylation sites (tertiary alicyclic amines) is 1. The molecule has 0 bridgehead atoms. The van der Waals surface area contributed by atoms with Gasteiger partial charge in [-0.05, 0) is 36.6 Å². The van der Waals surface area contributed by atoms with E-state index in [0.29, 0.717) is 41.0 Å². The fourth-order valence-corrected chi connectivity index (χ4v) is 5.11. The molecule has 0 spiro atoms. The molecule has 0 aliphatic carbocycles. The highest BCUT2D eigenvalue weighted by Crippen LogP contribution is 2.37. The molecule has 45 heavy (non-hydrogen) atoms. The van der Waals surface area contributed by atoms with Gasteiger partial charge in [0.2, 0.25) is 0 Å². The molecule has 0 radical (unpaired) electrons. The third kappa shape index (κ3) is 7.13. The average molecular weight is 635 g/mol. The molecule has 3 amide bonds. The molecule has 1 fully saturated rings. The SMILES string of the molecule is CCc1cc(Nc2nccn3c(-c4cn(CC(F)F)nc4C(F)(F)F)cnc23)ccc1C(=O)NCCNC(=O)N1CCC(N)C1. The van der Waals surface area contributed by atoms with Gasteiger partial charge in [0, 0.05) is 62.1 Å². The van der Waals surface area contributed by atoms with Crippen molar-refractivity contribution in [3.63, 3.8) is 0 Å². The van der Waals surface area contributed by atoms with E-state index in [4.69, 9.17) is 5.73 Å². The molecule has 4 heterocycles. The van der Waals surface area contributed by atoms with Crippen molar-refractivity contribution in [1.29, 1.82) is 0 Å². The molecular weight excluding hydrogens is 603 g/mol. The Hall–Kier alpha value is -4.80. The normalized spacial score (nSPS) is 15.2. The van der Waals surface area contributed by atoms with Crippen LogP contribution in [-0.4, -0.2) is 79.6 Å². The molecule has 5 N–H and O–H groups in total. The molecule has 240 valence electrons. The molecule has 1 aromatic carbocycles. The summed E-state index contributed by atoms with van der Waals surface area (Å²) in [7, 11) is 0. The number of halogens is 5. The average Bonchev–Trinajstić information content (AvgIpc) is 3.73. The van der Waals surface area contributed by atoms with Crippen LogP contribution in [0.3, 0.4) is 0 Å². The van der Waals surface area contributed by atoms with Gasteiger partial charge in [0.15, 0.2) is 17.2 Å². The fraction of sp³-hybridized carbons (Fsp3) is 0.393. The molecule has 1 aliphatic rings. The van der Waals surface area contributed by atoms with Gasteiger partial charge in [-0.15, -0.1) is 0 Å². The van der Waals surface area contributed by atoms with Crippen LogP contribution in [0.4, 0.5) is 38.3 Å². The Balaban J connectivity index is 1.29. The first-order chi connectivity index (χ1) is 21.4. The molecule has 12 nitrogen and oxygen atoms in total. The maximum absolute atomic E-state index is 13.7. The number of nitrogens with two attached hydrogens (primary N) is 1. The number of benzene rings is 1. The summed E-state index contributed by atoms with van der Waals surface area (Å²) >= 11 is 0. The van der Waals surface area contributed by atoms with Crippen molar-refractivity contribution >= 4 is 29.1 Å². The van der Waals surface area contributed by atoms with Crippen molar-refractivity contribution in [3.05, 3.63) is 59.8 Å². The van der Waals surface area contributed by atoms with E-state index in [9.17, 15) is 31.5 Å². The number of amides is 3. The number of hydrogen-bond donors (Lipinski definition) is 4. The second-order valence-corrected chi connectivity index (χ2v) is 10.4. The van der Waals surface area contributed by atoms with E-state index in [1.807, 2.05) is 6.92 Å². The molecule has 1 atom stereocenters. The van der Waals surface area contributed by atoms with Crippen LogP contribution in [0.1, 0.15) is 35.0 Å². The van der Waals surface area contributed by atoms with Crippen LogP contribution >= 0.6 is 0 Å². The second kappa shape index (κ2) is 13.1. The summed E-state index contributed by atoms with van der Waals surface area (Å²) in [5, 5.41) is 12.0. The quantitative estimate of drug-likeness (QED) is 0.154. The summed E-state index contributed by atoms with van der Waals surface area (Å²) in [6.45, 7) is 2.45. The number of nitrogens with one attached hydrogen (secondary N) is 3. The van der Waals surface area contributed by atoms with Crippen molar-refractivity contribution in [1.82, 2.24) is 39.7 Å². The minimum Gasteiger partial charge on any atom is -0.350 e. The molecular formula is C28H31F5N10O2. The number of hydrogen-bond acceptors (Lipinski definition) is 7. The van der Waals surface area contributed by atoms with Crippen molar-refractivity contribution in [2.24, 2.45) is 5.73 Å². The Morgan fingerprint density at radius 2 is 1.93 bits per heavy atom. The van der Waals surface area contributed by atoms with E-state index in [0.717, 1.165) is 12.6 Å². The Kier molecular flexibility index (Phi) is 9.17. The summed E-state index contributed by atoms with van der Waals surface area (Å²) in [5.41, 5.74) is 5.99. The van der Waals surface area contributed by atoms with Crippen LogP contribution in [-0.2, 0) is 19.1 Å². The van der Waals surface area contributed by atoms with E-state index in [1.54, 1.807) is 23.1 Å². The van der Waals surface area contributed by atoms with Crippen LogP contribution in [0.25, 0.3) is 16.9 Å². The lowest BCUT2D eigenvalue weighted by atomic mass is 10.0. The first kappa shape index (κ1) is 31.6. The monoisotopic (exact) mass is 634 g/mol. The topological polar surface area (TPSA) is 148 Å². The predicted molar refractivity (Wildman–Crippen MR) is 154 cm³/mol. The first-order valence-electron chi connectivity index (χ1n) is 14.2. The second-order valence-electron chi connectivity index (χ2n) is 10.4. The van der Waals surface area contributed by atoms with E-state index in [-0.39, 0.29) is 48.2 Å². The van der Waals surface area contributed by atoms with Crippen LogP contribution in [0.15, 0.2) is 43.0 Å². The van der Waals surface area contributed by atoms with Crippen molar-refractivity contribution in [2.75, 3.05) is 31.5 Å². The summed E-state index contributed by atoms with van der Waals surface area (Å²) in [4.78, 5) is 35.2. The van der Waals surface area contributed by atoms with Gasteiger partial charge < -0.3 is 26.6 Å². The van der Waals surface area contributed by atoms with Gasteiger partial charge in [-0.25, -0.2) is 23.5 Å². The Bertz CT molecular complexity index is 1690. The molecule has 17 heteroatoms. The highest BCUT2D eigenvalue weighted by atomic mass is 19.4. The minimum absolute atomic E-state index is 0.00949. The van der Waals surface area contributed by atoms with Crippen LogP contribution < -0.4 is 21.7 Å². The Morgan fingerprint density at radius 1 is 1.16 bits per heavy atom. The number of imidazole rings is 1. The van der Waals surface area contributed by atoms with Gasteiger partial charge in [0.1, 0.15) is 6.54 Å². The number of alkyl halides is 5. The van der Waals surface area contributed by atoms with Crippen molar-refractivity contribution in [3.8, 4) is 11.3 Å². The number of aryl methyl sites for hydroxylation is 1. The molecule has 3 aromatic heterocycles. The zero-order chi connectivity index (χ0) is 32.3. The lowest BCUT2D eigenvalue weighted by Gasteiger charge is -2.17. The van der Waals surface area contributed by atoms with Gasteiger partial charge in [-0.2, -0.15) is 18.3 Å². The zero-order valence-electron chi connectivity index (χ0n) is 24.1. The van der Waals surface area contributed by atoms with E-state index < -0.39 is 30.4 Å². The van der Waals surface area contributed by atoms with Crippen LogP contribution in [0, 0.1) is 0 Å². The predicted octanol–water partition coefficient (Wildman–Crippen LogP) is 3.66. The number of rotatable bonds is 10. The third-order valence-corrected chi connectivity index (χ3v) is 7.25.